The molecule has 0 aliphatic heterocycles. The number of rotatable bonds is 5. The van der Waals surface area contributed by atoms with E-state index in [2.05, 4.69) is 5.32 Å². The average molecular weight is 366 g/mol. The van der Waals surface area contributed by atoms with Crippen LogP contribution >= 0.6 is 0 Å². The smallest absolute Gasteiger partial charge is 0.416 e. The number of hydrogen-bond donors (Lipinski definition) is 1. The highest BCUT2D eigenvalue weighted by Crippen LogP contribution is 2.29. The second-order valence-corrected chi connectivity index (χ2v) is 5.64. The Morgan fingerprint density at radius 3 is 2.08 bits per heavy atom. The van der Waals surface area contributed by atoms with E-state index >= 15 is 0 Å². The van der Waals surface area contributed by atoms with Crippen LogP contribution in [0.15, 0.2) is 48.5 Å². The molecule has 0 saturated heterocycles. The first-order valence-electron chi connectivity index (χ1n) is 7.58. The standard InChI is InChI=1S/C18H17F3N2O3/c1-23(2)15-9-7-14(8-10-15)22-16(24)11-26-17(25)12-3-5-13(6-4-12)18(19,20)21/h3-10H,11H2,1-2H3,(H,22,24). The number of nitrogens with one attached hydrogen (secondary N) is 1. The fraction of sp³-hybridized carbons (Fsp3) is 0.222. The van der Waals surface area contributed by atoms with Crippen LogP contribution in [0.5, 0.6) is 0 Å². The van der Waals surface area contributed by atoms with Gasteiger partial charge in [0, 0.05) is 25.5 Å². The summed E-state index contributed by atoms with van der Waals surface area (Å²) in [4.78, 5) is 25.5. The molecule has 0 fully saturated rings. The number of alkyl halides is 3. The van der Waals surface area contributed by atoms with Crippen molar-refractivity contribution in [1.82, 2.24) is 0 Å². The zero-order valence-electron chi connectivity index (χ0n) is 14.1. The maximum absolute atomic E-state index is 12.5. The van der Waals surface area contributed by atoms with Gasteiger partial charge in [0.15, 0.2) is 6.61 Å². The van der Waals surface area contributed by atoms with Gasteiger partial charge in [-0.05, 0) is 48.5 Å². The predicted octanol–water partition coefficient (Wildman–Crippen LogP) is 3.57. The monoisotopic (exact) mass is 366 g/mol. The summed E-state index contributed by atoms with van der Waals surface area (Å²) in [5.74, 6) is -1.43. The lowest BCUT2D eigenvalue weighted by Crippen LogP contribution is -2.21. The van der Waals surface area contributed by atoms with Gasteiger partial charge in [0.2, 0.25) is 0 Å². The molecule has 0 aliphatic carbocycles. The molecule has 2 rings (SSSR count). The number of carbonyl (C=O) groups excluding carboxylic acids is 2. The van der Waals surface area contributed by atoms with Gasteiger partial charge >= 0.3 is 12.1 Å². The molecule has 26 heavy (non-hydrogen) atoms. The third-order valence-corrected chi connectivity index (χ3v) is 3.45. The van der Waals surface area contributed by atoms with E-state index in [1.807, 2.05) is 31.1 Å². The summed E-state index contributed by atoms with van der Waals surface area (Å²) in [7, 11) is 3.77. The number of ether oxygens (including phenoxy) is 1. The van der Waals surface area contributed by atoms with Crippen molar-refractivity contribution in [3.8, 4) is 0 Å². The summed E-state index contributed by atoms with van der Waals surface area (Å²) in [6.45, 7) is -0.546. The Labute approximate surface area is 148 Å². The van der Waals surface area contributed by atoms with E-state index in [1.165, 1.54) is 0 Å². The summed E-state index contributed by atoms with van der Waals surface area (Å²) in [6, 6.07) is 10.6. The van der Waals surface area contributed by atoms with E-state index in [0.29, 0.717) is 5.69 Å². The highest BCUT2D eigenvalue weighted by molar-refractivity contribution is 5.95. The van der Waals surface area contributed by atoms with Crippen molar-refractivity contribution in [2.45, 2.75) is 6.18 Å². The van der Waals surface area contributed by atoms with Gasteiger partial charge in [-0.25, -0.2) is 4.79 Å². The number of esters is 1. The predicted molar refractivity (Wildman–Crippen MR) is 91.1 cm³/mol. The first-order valence-corrected chi connectivity index (χ1v) is 7.58. The molecule has 0 aromatic heterocycles. The fourth-order valence-corrected chi connectivity index (χ4v) is 2.05. The maximum Gasteiger partial charge on any atom is 0.416 e. The highest BCUT2D eigenvalue weighted by atomic mass is 19.4. The van der Waals surface area contributed by atoms with E-state index in [0.717, 1.165) is 30.0 Å². The number of halogens is 3. The van der Waals surface area contributed by atoms with E-state index < -0.39 is 30.2 Å². The molecular formula is C18H17F3N2O3. The van der Waals surface area contributed by atoms with Crippen LogP contribution in [0.4, 0.5) is 24.5 Å². The molecule has 0 heterocycles. The van der Waals surface area contributed by atoms with E-state index in [-0.39, 0.29) is 5.56 Å². The molecule has 8 heteroatoms. The third-order valence-electron chi connectivity index (χ3n) is 3.45. The normalized spacial score (nSPS) is 11.0. The van der Waals surface area contributed by atoms with Gasteiger partial charge in [-0.15, -0.1) is 0 Å². The minimum Gasteiger partial charge on any atom is -0.452 e. The molecule has 5 nitrogen and oxygen atoms in total. The van der Waals surface area contributed by atoms with Gasteiger partial charge in [0.05, 0.1) is 11.1 Å². The Morgan fingerprint density at radius 1 is 1.00 bits per heavy atom. The van der Waals surface area contributed by atoms with Crippen molar-refractivity contribution in [1.29, 1.82) is 0 Å². The molecular weight excluding hydrogens is 349 g/mol. The largest absolute Gasteiger partial charge is 0.452 e. The van der Waals surface area contributed by atoms with Crippen LogP contribution < -0.4 is 10.2 Å². The van der Waals surface area contributed by atoms with Crippen LogP contribution in [-0.4, -0.2) is 32.6 Å². The van der Waals surface area contributed by atoms with Crippen LogP contribution in [0.1, 0.15) is 15.9 Å². The molecule has 0 bridgehead atoms. The van der Waals surface area contributed by atoms with Crippen LogP contribution in [-0.2, 0) is 15.7 Å². The lowest BCUT2D eigenvalue weighted by Gasteiger charge is -2.13. The average Bonchev–Trinajstić information content (AvgIpc) is 2.59. The maximum atomic E-state index is 12.5. The Morgan fingerprint density at radius 2 is 1.58 bits per heavy atom. The van der Waals surface area contributed by atoms with Crippen LogP contribution in [0.2, 0.25) is 0 Å². The summed E-state index contributed by atoms with van der Waals surface area (Å²) in [5.41, 5.74) is 0.553. The van der Waals surface area contributed by atoms with Crippen LogP contribution in [0, 0.1) is 0 Å². The summed E-state index contributed by atoms with van der Waals surface area (Å²) >= 11 is 0. The molecule has 0 radical (unpaired) electrons. The quantitative estimate of drug-likeness (QED) is 0.822. The van der Waals surface area contributed by atoms with Crippen LogP contribution in [0.25, 0.3) is 0 Å². The molecule has 138 valence electrons. The van der Waals surface area contributed by atoms with Gasteiger partial charge in [-0.3, -0.25) is 4.79 Å². The van der Waals surface area contributed by atoms with E-state index in [4.69, 9.17) is 4.74 Å². The Bertz CT molecular complexity index is 770. The second kappa shape index (κ2) is 7.90. The molecule has 0 atom stereocenters. The summed E-state index contributed by atoms with van der Waals surface area (Å²) in [5, 5.41) is 2.56. The summed E-state index contributed by atoms with van der Waals surface area (Å²) < 4.78 is 42.2. The molecule has 0 saturated carbocycles. The molecule has 0 aliphatic rings. The summed E-state index contributed by atoms with van der Waals surface area (Å²) in [6.07, 6.45) is -4.48. The molecule has 2 aromatic rings. The highest BCUT2D eigenvalue weighted by Gasteiger charge is 2.30. The topological polar surface area (TPSA) is 58.6 Å². The van der Waals surface area contributed by atoms with Gasteiger partial charge in [-0.1, -0.05) is 0 Å². The number of benzene rings is 2. The molecule has 0 unspecified atom stereocenters. The third kappa shape index (κ3) is 5.23. The minimum atomic E-state index is -4.48. The zero-order valence-corrected chi connectivity index (χ0v) is 14.1. The van der Waals surface area contributed by atoms with Crippen molar-refractivity contribution in [2.24, 2.45) is 0 Å². The molecule has 1 amide bonds. The van der Waals surface area contributed by atoms with Gasteiger partial charge in [-0.2, -0.15) is 13.2 Å². The van der Waals surface area contributed by atoms with Crippen molar-refractivity contribution in [3.05, 3.63) is 59.7 Å². The number of amides is 1. The minimum absolute atomic E-state index is 0.0684. The Hall–Kier alpha value is -3.03. The lowest BCUT2D eigenvalue weighted by molar-refractivity contribution is -0.137. The SMILES string of the molecule is CN(C)c1ccc(NC(=O)COC(=O)c2ccc(C(F)(F)F)cc2)cc1. The van der Waals surface area contributed by atoms with E-state index in [1.54, 1.807) is 12.1 Å². The Kier molecular flexibility index (Phi) is 5.86. The lowest BCUT2D eigenvalue weighted by atomic mass is 10.1. The molecule has 0 spiro atoms. The number of nitrogens with zero attached hydrogens (tertiary/aromatic N) is 1. The fourth-order valence-electron chi connectivity index (χ4n) is 2.05. The number of anilines is 2. The van der Waals surface area contributed by atoms with Crippen molar-refractivity contribution >= 4 is 23.3 Å². The molecule has 1 N–H and O–H groups in total. The first kappa shape index (κ1) is 19.3. The second-order valence-electron chi connectivity index (χ2n) is 5.64. The van der Waals surface area contributed by atoms with Gasteiger partial charge < -0.3 is 15.0 Å². The zero-order chi connectivity index (χ0) is 19.3. The van der Waals surface area contributed by atoms with Crippen molar-refractivity contribution < 1.29 is 27.5 Å². The van der Waals surface area contributed by atoms with Crippen molar-refractivity contribution in [2.75, 3.05) is 30.9 Å². The number of hydrogen-bond acceptors (Lipinski definition) is 4. The van der Waals surface area contributed by atoms with Gasteiger partial charge in [0.25, 0.3) is 5.91 Å². The van der Waals surface area contributed by atoms with Crippen LogP contribution in [0.3, 0.4) is 0 Å². The Balaban J connectivity index is 1.87. The number of carbonyl (C=O) groups is 2. The van der Waals surface area contributed by atoms with Gasteiger partial charge in [0.1, 0.15) is 0 Å². The molecule has 2 aromatic carbocycles. The first-order chi connectivity index (χ1) is 12.2. The van der Waals surface area contributed by atoms with E-state index in [9.17, 15) is 22.8 Å². The van der Waals surface area contributed by atoms with Crippen molar-refractivity contribution in [3.63, 3.8) is 0 Å².